The first-order chi connectivity index (χ1) is 7.08. The van der Waals surface area contributed by atoms with Crippen molar-refractivity contribution >= 4 is 21.6 Å². The Balaban J connectivity index is 2.99. The fraction of sp³-hybridized carbons (Fsp3) is 0.545. The third kappa shape index (κ3) is 3.09. The van der Waals surface area contributed by atoms with E-state index in [4.69, 9.17) is 5.73 Å². The summed E-state index contributed by atoms with van der Waals surface area (Å²) in [5, 5.41) is 0. The van der Waals surface area contributed by atoms with Gasteiger partial charge < -0.3 is 10.3 Å². The number of nitrogen functional groups attached to an aromatic ring is 1. The van der Waals surface area contributed by atoms with Crippen molar-refractivity contribution in [3.63, 3.8) is 0 Å². The molecule has 1 heterocycles. The van der Waals surface area contributed by atoms with Crippen molar-refractivity contribution in [2.24, 2.45) is 5.92 Å². The fourth-order valence-corrected chi connectivity index (χ4v) is 2.07. The second-order valence-electron chi connectivity index (χ2n) is 3.76. The highest BCUT2D eigenvalue weighted by molar-refractivity contribution is 9.10. The van der Waals surface area contributed by atoms with Crippen molar-refractivity contribution < 1.29 is 0 Å². The first-order valence-corrected chi connectivity index (χ1v) is 6.03. The summed E-state index contributed by atoms with van der Waals surface area (Å²) in [5.41, 5.74) is 6.31. The molecule has 0 radical (unpaired) electrons. The first kappa shape index (κ1) is 12.3. The molecule has 84 valence electrons. The van der Waals surface area contributed by atoms with Crippen molar-refractivity contribution in [1.82, 2.24) is 4.57 Å². The molecule has 0 aliphatic rings. The molecule has 1 aromatic heterocycles. The van der Waals surface area contributed by atoms with Gasteiger partial charge in [0.15, 0.2) is 0 Å². The summed E-state index contributed by atoms with van der Waals surface area (Å²) in [7, 11) is 0. The Morgan fingerprint density at radius 2 is 2.07 bits per heavy atom. The minimum absolute atomic E-state index is 0.00361. The number of nitrogens with zero attached hydrogens (tertiary/aromatic N) is 1. The van der Waals surface area contributed by atoms with E-state index in [0.29, 0.717) is 16.1 Å². The van der Waals surface area contributed by atoms with Crippen LogP contribution in [0.2, 0.25) is 0 Å². The van der Waals surface area contributed by atoms with Gasteiger partial charge in [-0.2, -0.15) is 0 Å². The van der Waals surface area contributed by atoms with Crippen LogP contribution in [0.4, 0.5) is 5.69 Å². The van der Waals surface area contributed by atoms with Gasteiger partial charge in [-0.1, -0.05) is 26.7 Å². The lowest BCUT2D eigenvalue weighted by atomic mass is 10.0. The molecule has 1 aromatic rings. The molecule has 0 fully saturated rings. The number of hydrogen-bond donors (Lipinski definition) is 1. The van der Waals surface area contributed by atoms with Gasteiger partial charge in [0.2, 0.25) is 0 Å². The van der Waals surface area contributed by atoms with Gasteiger partial charge in [-0.3, -0.25) is 4.79 Å². The molecular formula is C11H17BrN2O. The van der Waals surface area contributed by atoms with Crippen LogP contribution in [0.1, 0.15) is 26.7 Å². The maximum atomic E-state index is 11.7. The van der Waals surface area contributed by atoms with Gasteiger partial charge >= 0.3 is 0 Å². The quantitative estimate of drug-likeness (QED) is 0.916. The Kier molecular flexibility index (Phi) is 4.39. The number of anilines is 1. The molecule has 0 aliphatic heterocycles. The van der Waals surface area contributed by atoms with Gasteiger partial charge in [0.05, 0.1) is 4.47 Å². The van der Waals surface area contributed by atoms with Gasteiger partial charge in [0.1, 0.15) is 0 Å². The van der Waals surface area contributed by atoms with E-state index in [1.165, 1.54) is 0 Å². The average molecular weight is 273 g/mol. The second-order valence-corrected chi connectivity index (χ2v) is 4.62. The number of aromatic nitrogens is 1. The van der Waals surface area contributed by atoms with Crippen LogP contribution >= 0.6 is 15.9 Å². The van der Waals surface area contributed by atoms with Crippen LogP contribution in [0.15, 0.2) is 21.5 Å². The largest absolute Gasteiger partial charge is 0.398 e. The Hall–Kier alpha value is -0.770. The second kappa shape index (κ2) is 5.35. The summed E-state index contributed by atoms with van der Waals surface area (Å²) in [5.74, 6) is 0.538. The zero-order valence-corrected chi connectivity index (χ0v) is 10.8. The predicted octanol–water partition coefficient (Wildman–Crippen LogP) is 2.63. The molecular weight excluding hydrogens is 256 g/mol. The first-order valence-electron chi connectivity index (χ1n) is 5.23. The molecule has 0 saturated heterocycles. The lowest BCUT2D eigenvalue weighted by Crippen LogP contribution is -2.24. The van der Waals surface area contributed by atoms with Crippen molar-refractivity contribution in [3.05, 3.63) is 27.1 Å². The molecule has 0 spiro atoms. The smallest absolute Gasteiger partial charge is 0.264 e. The number of rotatable bonds is 4. The van der Waals surface area contributed by atoms with E-state index in [-0.39, 0.29) is 5.56 Å². The molecule has 0 saturated carbocycles. The van der Waals surface area contributed by atoms with Gasteiger partial charge in [0.25, 0.3) is 5.56 Å². The molecule has 2 N–H and O–H groups in total. The van der Waals surface area contributed by atoms with Crippen LogP contribution in [0.25, 0.3) is 0 Å². The molecule has 1 rings (SSSR count). The fourth-order valence-electron chi connectivity index (χ4n) is 1.58. The van der Waals surface area contributed by atoms with E-state index in [1.54, 1.807) is 16.8 Å². The van der Waals surface area contributed by atoms with Gasteiger partial charge in [-0.05, 0) is 27.9 Å². The van der Waals surface area contributed by atoms with Crippen LogP contribution < -0.4 is 11.3 Å². The van der Waals surface area contributed by atoms with E-state index in [1.807, 2.05) is 0 Å². The summed E-state index contributed by atoms with van der Waals surface area (Å²) in [4.78, 5) is 11.7. The number of hydrogen-bond acceptors (Lipinski definition) is 2. The predicted molar refractivity (Wildman–Crippen MR) is 66.9 cm³/mol. The normalized spacial score (nSPS) is 10.9. The summed E-state index contributed by atoms with van der Waals surface area (Å²) in [6.07, 6.45) is 3.87. The van der Waals surface area contributed by atoms with E-state index >= 15 is 0 Å². The highest BCUT2D eigenvalue weighted by Gasteiger charge is 2.08. The standard InChI is InChI=1S/C11H17BrN2O/c1-3-8(4-2)6-14-7-9(13)5-10(12)11(14)15/h5,7-8H,3-4,6,13H2,1-2H3. The minimum Gasteiger partial charge on any atom is -0.398 e. The van der Waals surface area contributed by atoms with E-state index < -0.39 is 0 Å². The van der Waals surface area contributed by atoms with Crippen LogP contribution in [0.5, 0.6) is 0 Å². The molecule has 3 nitrogen and oxygen atoms in total. The molecule has 0 atom stereocenters. The number of pyridine rings is 1. The average Bonchev–Trinajstić information content (AvgIpc) is 2.21. The highest BCUT2D eigenvalue weighted by atomic mass is 79.9. The molecule has 0 aliphatic carbocycles. The highest BCUT2D eigenvalue weighted by Crippen LogP contribution is 2.13. The summed E-state index contributed by atoms with van der Waals surface area (Å²) in [6.45, 7) is 5.02. The maximum Gasteiger partial charge on any atom is 0.264 e. The van der Waals surface area contributed by atoms with Crippen LogP contribution in [0, 0.1) is 5.92 Å². The maximum absolute atomic E-state index is 11.7. The molecule has 15 heavy (non-hydrogen) atoms. The van der Waals surface area contributed by atoms with Crippen LogP contribution in [0.3, 0.4) is 0 Å². The van der Waals surface area contributed by atoms with Gasteiger partial charge in [-0.25, -0.2) is 0 Å². The summed E-state index contributed by atoms with van der Waals surface area (Å²) >= 11 is 3.22. The molecule has 0 aromatic carbocycles. The monoisotopic (exact) mass is 272 g/mol. The molecule has 0 amide bonds. The van der Waals surface area contributed by atoms with Crippen molar-refractivity contribution in [2.75, 3.05) is 5.73 Å². The lowest BCUT2D eigenvalue weighted by Gasteiger charge is -2.14. The van der Waals surface area contributed by atoms with Gasteiger partial charge in [-0.15, -0.1) is 0 Å². The van der Waals surface area contributed by atoms with Crippen LogP contribution in [-0.2, 0) is 6.54 Å². The van der Waals surface area contributed by atoms with Crippen LogP contribution in [-0.4, -0.2) is 4.57 Å². The Morgan fingerprint density at radius 1 is 1.47 bits per heavy atom. The van der Waals surface area contributed by atoms with Crippen molar-refractivity contribution in [2.45, 2.75) is 33.2 Å². The number of nitrogens with two attached hydrogens (primary N) is 1. The third-order valence-corrected chi connectivity index (χ3v) is 3.24. The Bertz CT molecular complexity index is 383. The SMILES string of the molecule is CCC(CC)Cn1cc(N)cc(Br)c1=O. The number of halogens is 1. The van der Waals surface area contributed by atoms with E-state index in [2.05, 4.69) is 29.8 Å². The lowest BCUT2D eigenvalue weighted by molar-refractivity contribution is 0.412. The molecule has 0 bridgehead atoms. The third-order valence-electron chi connectivity index (χ3n) is 2.67. The topological polar surface area (TPSA) is 48.0 Å². The van der Waals surface area contributed by atoms with Crippen molar-refractivity contribution in [3.8, 4) is 0 Å². The molecule has 4 heteroatoms. The zero-order valence-electron chi connectivity index (χ0n) is 9.16. The van der Waals surface area contributed by atoms with Gasteiger partial charge in [0, 0.05) is 18.4 Å². The van der Waals surface area contributed by atoms with E-state index in [9.17, 15) is 4.79 Å². The Morgan fingerprint density at radius 3 is 2.60 bits per heavy atom. The minimum atomic E-state index is -0.00361. The Labute approximate surface area is 98.4 Å². The molecule has 0 unspecified atom stereocenters. The van der Waals surface area contributed by atoms with E-state index in [0.717, 1.165) is 19.4 Å². The van der Waals surface area contributed by atoms with Crippen molar-refractivity contribution in [1.29, 1.82) is 0 Å². The zero-order chi connectivity index (χ0) is 11.4. The summed E-state index contributed by atoms with van der Waals surface area (Å²) < 4.78 is 2.23. The summed E-state index contributed by atoms with van der Waals surface area (Å²) in [6, 6.07) is 1.64.